The fourth-order valence-electron chi connectivity index (χ4n) is 4.19. The molecule has 1 nitrogen and oxygen atoms in total. The smallest absolute Gasteiger partial charge is 0.115 e. The van der Waals surface area contributed by atoms with E-state index in [1.165, 1.54) is 23.1 Å². The lowest BCUT2D eigenvalue weighted by Gasteiger charge is -2.20. The molecular weight excluding hydrogens is 292 g/mol. The lowest BCUT2D eigenvalue weighted by Crippen LogP contribution is -2.04. The predicted molar refractivity (Wildman–Crippen MR) is 98.4 cm³/mol. The minimum atomic E-state index is 0.340. The molecule has 0 aliphatic heterocycles. The van der Waals surface area contributed by atoms with Crippen LogP contribution in [0.15, 0.2) is 84.9 Å². The monoisotopic (exact) mass is 314 g/mol. The van der Waals surface area contributed by atoms with Gasteiger partial charge in [0.1, 0.15) is 5.75 Å². The largest absolute Gasteiger partial charge is 0.508 e. The van der Waals surface area contributed by atoms with Gasteiger partial charge in [0, 0.05) is 0 Å². The molecule has 0 bridgehead atoms. The van der Waals surface area contributed by atoms with E-state index in [2.05, 4.69) is 72.8 Å². The van der Waals surface area contributed by atoms with Crippen LogP contribution >= 0.6 is 0 Å². The molecule has 3 unspecified atom stereocenters. The van der Waals surface area contributed by atoms with Crippen molar-refractivity contribution in [3.8, 4) is 5.75 Å². The molecule has 1 aliphatic rings. The van der Waals surface area contributed by atoms with Crippen molar-refractivity contribution in [3.63, 3.8) is 0 Å². The van der Waals surface area contributed by atoms with E-state index < -0.39 is 0 Å². The Labute approximate surface area is 143 Å². The summed E-state index contributed by atoms with van der Waals surface area (Å²) in [5.74, 6) is 1.96. The van der Waals surface area contributed by atoms with Crippen molar-refractivity contribution in [2.45, 2.75) is 30.6 Å². The molecule has 1 saturated carbocycles. The van der Waals surface area contributed by atoms with E-state index in [0.29, 0.717) is 23.5 Å². The van der Waals surface area contributed by atoms with Crippen LogP contribution in [0.5, 0.6) is 5.75 Å². The normalized spacial score (nSPS) is 23.2. The maximum atomic E-state index is 9.61. The molecule has 1 heteroatoms. The highest BCUT2D eigenvalue weighted by Crippen LogP contribution is 2.52. The minimum Gasteiger partial charge on any atom is -0.508 e. The predicted octanol–water partition coefficient (Wildman–Crippen LogP) is 5.84. The van der Waals surface area contributed by atoms with E-state index in [9.17, 15) is 5.11 Å². The fraction of sp³-hybridized carbons (Fsp3) is 0.217. The number of hydrogen-bond acceptors (Lipinski definition) is 1. The molecule has 4 rings (SSSR count). The van der Waals surface area contributed by atoms with Crippen LogP contribution in [-0.4, -0.2) is 5.11 Å². The van der Waals surface area contributed by atoms with E-state index in [-0.39, 0.29) is 0 Å². The first kappa shape index (κ1) is 15.0. The van der Waals surface area contributed by atoms with E-state index in [1.54, 1.807) is 0 Å². The fourth-order valence-corrected chi connectivity index (χ4v) is 4.19. The molecule has 3 atom stereocenters. The van der Waals surface area contributed by atoms with Crippen LogP contribution in [-0.2, 0) is 0 Å². The van der Waals surface area contributed by atoms with Crippen molar-refractivity contribution < 1.29 is 5.11 Å². The Bertz CT molecular complexity index is 777. The summed E-state index contributed by atoms with van der Waals surface area (Å²) in [4.78, 5) is 0. The lowest BCUT2D eigenvalue weighted by atomic mass is 9.84. The summed E-state index contributed by atoms with van der Waals surface area (Å²) < 4.78 is 0. The molecule has 3 aromatic carbocycles. The Morgan fingerprint density at radius 1 is 0.542 bits per heavy atom. The van der Waals surface area contributed by atoms with Gasteiger partial charge < -0.3 is 5.11 Å². The first-order valence-corrected chi connectivity index (χ1v) is 8.70. The van der Waals surface area contributed by atoms with E-state index in [1.807, 2.05) is 12.1 Å². The van der Waals surface area contributed by atoms with Gasteiger partial charge in [-0.1, -0.05) is 72.8 Å². The first-order valence-electron chi connectivity index (χ1n) is 8.70. The summed E-state index contributed by atoms with van der Waals surface area (Å²) in [7, 11) is 0. The third kappa shape index (κ3) is 2.94. The van der Waals surface area contributed by atoms with Gasteiger partial charge in [-0.15, -0.1) is 0 Å². The van der Waals surface area contributed by atoms with Gasteiger partial charge in [0.2, 0.25) is 0 Å². The summed E-state index contributed by atoms with van der Waals surface area (Å²) in [5.41, 5.74) is 4.20. The molecule has 0 spiro atoms. The molecule has 1 fully saturated rings. The molecule has 0 heterocycles. The van der Waals surface area contributed by atoms with Gasteiger partial charge in [0.05, 0.1) is 0 Å². The first-order chi connectivity index (χ1) is 11.8. The minimum absolute atomic E-state index is 0.340. The maximum absolute atomic E-state index is 9.61. The van der Waals surface area contributed by atoms with Crippen LogP contribution in [0, 0.1) is 0 Å². The van der Waals surface area contributed by atoms with Crippen molar-refractivity contribution >= 4 is 0 Å². The zero-order valence-electron chi connectivity index (χ0n) is 13.7. The Morgan fingerprint density at radius 2 is 1.00 bits per heavy atom. The summed E-state index contributed by atoms with van der Waals surface area (Å²) in [6.07, 6.45) is 2.34. The van der Waals surface area contributed by atoms with Crippen LogP contribution in [0.4, 0.5) is 0 Å². The molecule has 3 aromatic rings. The van der Waals surface area contributed by atoms with Crippen LogP contribution < -0.4 is 0 Å². The molecule has 0 saturated heterocycles. The number of aromatic hydroxyl groups is 1. The quantitative estimate of drug-likeness (QED) is 0.644. The second kappa shape index (κ2) is 6.52. The Balaban J connectivity index is 1.69. The molecular formula is C23H22O. The highest BCUT2D eigenvalue weighted by atomic mass is 16.3. The second-order valence-corrected chi connectivity index (χ2v) is 6.79. The third-order valence-electron chi connectivity index (χ3n) is 5.38. The summed E-state index contributed by atoms with van der Waals surface area (Å²) in [5, 5.41) is 9.61. The maximum Gasteiger partial charge on any atom is 0.115 e. The van der Waals surface area contributed by atoms with E-state index in [0.717, 1.165) is 6.42 Å². The van der Waals surface area contributed by atoms with Crippen LogP contribution in [0.3, 0.4) is 0 Å². The third-order valence-corrected chi connectivity index (χ3v) is 5.38. The van der Waals surface area contributed by atoms with Crippen LogP contribution in [0.2, 0.25) is 0 Å². The zero-order valence-corrected chi connectivity index (χ0v) is 13.7. The SMILES string of the molecule is Oc1ccc(C2CC(c3ccccc3)CC2c2ccccc2)cc1. The zero-order chi connectivity index (χ0) is 16.4. The van der Waals surface area contributed by atoms with Crippen molar-refractivity contribution in [2.24, 2.45) is 0 Å². The number of phenolic OH excluding ortho intramolecular Hbond substituents is 1. The van der Waals surface area contributed by atoms with Gasteiger partial charge in [-0.25, -0.2) is 0 Å². The molecule has 24 heavy (non-hydrogen) atoms. The Hall–Kier alpha value is -2.54. The van der Waals surface area contributed by atoms with Crippen molar-refractivity contribution in [1.29, 1.82) is 0 Å². The van der Waals surface area contributed by atoms with E-state index >= 15 is 0 Å². The summed E-state index contributed by atoms with van der Waals surface area (Å²) >= 11 is 0. The van der Waals surface area contributed by atoms with Gasteiger partial charge >= 0.3 is 0 Å². The topological polar surface area (TPSA) is 20.2 Å². The Kier molecular flexibility index (Phi) is 4.08. The molecule has 0 aromatic heterocycles. The Morgan fingerprint density at radius 3 is 1.54 bits per heavy atom. The number of rotatable bonds is 3. The van der Waals surface area contributed by atoms with Gasteiger partial charge in [-0.05, 0) is 59.4 Å². The summed E-state index contributed by atoms with van der Waals surface area (Å²) in [6, 6.07) is 29.6. The molecule has 120 valence electrons. The standard InChI is InChI=1S/C23H22O/c24-21-13-11-19(12-14-21)23-16-20(17-7-3-1-4-8-17)15-22(23)18-9-5-2-6-10-18/h1-14,20,22-24H,15-16H2. The number of benzene rings is 3. The van der Waals surface area contributed by atoms with Gasteiger partial charge in [0.25, 0.3) is 0 Å². The number of phenols is 1. The molecule has 1 N–H and O–H groups in total. The highest BCUT2D eigenvalue weighted by molar-refractivity contribution is 5.36. The average molecular weight is 314 g/mol. The van der Waals surface area contributed by atoms with E-state index in [4.69, 9.17) is 0 Å². The average Bonchev–Trinajstić information content (AvgIpc) is 3.09. The van der Waals surface area contributed by atoms with Crippen molar-refractivity contribution in [3.05, 3.63) is 102 Å². The van der Waals surface area contributed by atoms with Crippen LogP contribution in [0.1, 0.15) is 47.3 Å². The summed E-state index contributed by atoms with van der Waals surface area (Å²) in [6.45, 7) is 0. The number of hydrogen-bond donors (Lipinski definition) is 1. The second-order valence-electron chi connectivity index (χ2n) is 6.79. The van der Waals surface area contributed by atoms with Crippen LogP contribution in [0.25, 0.3) is 0 Å². The molecule has 1 aliphatic carbocycles. The van der Waals surface area contributed by atoms with Gasteiger partial charge in [0.15, 0.2) is 0 Å². The van der Waals surface area contributed by atoms with Crippen molar-refractivity contribution in [2.75, 3.05) is 0 Å². The lowest BCUT2D eigenvalue weighted by molar-refractivity contribution is 0.474. The highest BCUT2D eigenvalue weighted by Gasteiger charge is 2.36. The van der Waals surface area contributed by atoms with Gasteiger partial charge in [-0.2, -0.15) is 0 Å². The molecule has 0 radical (unpaired) electrons. The molecule has 0 amide bonds. The van der Waals surface area contributed by atoms with Gasteiger partial charge in [-0.3, -0.25) is 0 Å². The van der Waals surface area contributed by atoms with Crippen molar-refractivity contribution in [1.82, 2.24) is 0 Å².